The molecule has 0 amide bonds. The van der Waals surface area contributed by atoms with Crippen molar-refractivity contribution in [1.82, 2.24) is 0 Å². The molecule has 0 aliphatic carbocycles. The van der Waals surface area contributed by atoms with Gasteiger partial charge in [0.15, 0.2) is 6.61 Å². The minimum absolute atomic E-state index is 0.127. The highest BCUT2D eigenvalue weighted by molar-refractivity contribution is 9.10. The van der Waals surface area contributed by atoms with Crippen LogP contribution < -0.4 is 9.47 Å². The van der Waals surface area contributed by atoms with Gasteiger partial charge in [-0.1, -0.05) is 0 Å². The van der Waals surface area contributed by atoms with Crippen LogP contribution in [0.25, 0.3) is 0 Å². The summed E-state index contributed by atoms with van der Waals surface area (Å²) in [7, 11) is 2.91. The number of carbonyl (C=O) groups is 2. The fourth-order valence-electron chi connectivity index (χ4n) is 1.97. The van der Waals surface area contributed by atoms with Gasteiger partial charge >= 0.3 is 5.97 Å². The predicted octanol–water partition coefficient (Wildman–Crippen LogP) is 3.65. The fraction of sp³-hybridized carbons (Fsp3) is 0.176. The SMILES string of the molecule is COc1ccc(OC)c(C(=O)COC(=O)c2ccc(F)cc2Br)c1. The number of hydrogen-bond donors (Lipinski definition) is 0. The van der Waals surface area contributed by atoms with Crippen LogP contribution in [0.2, 0.25) is 0 Å². The summed E-state index contributed by atoms with van der Waals surface area (Å²) < 4.78 is 28.5. The molecule has 0 radical (unpaired) electrons. The Hall–Kier alpha value is -2.41. The second-order valence-corrected chi connectivity index (χ2v) is 5.54. The summed E-state index contributed by atoms with van der Waals surface area (Å²) in [5, 5.41) is 0. The lowest BCUT2D eigenvalue weighted by Crippen LogP contribution is -2.15. The number of ether oxygens (including phenoxy) is 3. The van der Waals surface area contributed by atoms with E-state index >= 15 is 0 Å². The number of esters is 1. The summed E-state index contributed by atoms with van der Waals surface area (Å²) in [5.74, 6) is -0.850. The lowest BCUT2D eigenvalue weighted by molar-refractivity contribution is 0.0473. The Kier molecular flexibility index (Phi) is 5.92. The van der Waals surface area contributed by atoms with Crippen molar-refractivity contribution in [2.24, 2.45) is 0 Å². The zero-order valence-corrected chi connectivity index (χ0v) is 14.6. The molecule has 0 heterocycles. The Bertz CT molecular complexity index is 776. The van der Waals surface area contributed by atoms with Crippen molar-refractivity contribution in [2.45, 2.75) is 0 Å². The molecule has 0 fully saturated rings. The number of Topliss-reactive ketones (excluding diaryl/α,β-unsaturated/α-hetero) is 1. The highest BCUT2D eigenvalue weighted by Gasteiger charge is 2.18. The third-order valence-electron chi connectivity index (χ3n) is 3.19. The van der Waals surface area contributed by atoms with Crippen LogP contribution in [0, 0.1) is 5.82 Å². The van der Waals surface area contributed by atoms with Gasteiger partial charge in [0.2, 0.25) is 5.78 Å². The van der Waals surface area contributed by atoms with Gasteiger partial charge in [-0.05, 0) is 52.3 Å². The summed E-state index contributed by atoms with van der Waals surface area (Å²) in [5.41, 5.74) is 0.365. The van der Waals surface area contributed by atoms with Crippen LogP contribution >= 0.6 is 15.9 Å². The number of benzene rings is 2. The number of ketones is 1. The van der Waals surface area contributed by atoms with E-state index in [2.05, 4.69) is 15.9 Å². The van der Waals surface area contributed by atoms with E-state index in [1.165, 1.54) is 26.4 Å². The second kappa shape index (κ2) is 7.92. The average molecular weight is 397 g/mol. The van der Waals surface area contributed by atoms with Crippen LogP contribution in [0.3, 0.4) is 0 Å². The van der Waals surface area contributed by atoms with Gasteiger partial charge in [-0.2, -0.15) is 0 Å². The molecular weight excluding hydrogens is 383 g/mol. The fourth-order valence-corrected chi connectivity index (χ4v) is 2.49. The van der Waals surface area contributed by atoms with Crippen LogP contribution in [0.4, 0.5) is 4.39 Å². The molecule has 0 aliphatic heterocycles. The van der Waals surface area contributed by atoms with E-state index in [0.29, 0.717) is 11.5 Å². The zero-order chi connectivity index (χ0) is 17.7. The normalized spacial score (nSPS) is 10.2. The van der Waals surface area contributed by atoms with Gasteiger partial charge < -0.3 is 14.2 Å². The first kappa shape index (κ1) is 17.9. The molecule has 2 aromatic carbocycles. The first-order valence-corrected chi connectivity index (χ1v) is 7.63. The molecule has 126 valence electrons. The van der Waals surface area contributed by atoms with Crippen molar-refractivity contribution >= 4 is 27.7 Å². The predicted molar refractivity (Wildman–Crippen MR) is 88.3 cm³/mol. The number of halogens is 2. The molecule has 0 spiro atoms. The molecule has 0 saturated carbocycles. The maximum atomic E-state index is 13.0. The third-order valence-corrected chi connectivity index (χ3v) is 3.85. The topological polar surface area (TPSA) is 61.8 Å². The quantitative estimate of drug-likeness (QED) is 0.550. The monoisotopic (exact) mass is 396 g/mol. The molecule has 0 aromatic heterocycles. The highest BCUT2D eigenvalue weighted by Crippen LogP contribution is 2.25. The standard InChI is InChI=1S/C17H14BrFO5/c1-22-11-4-6-16(23-2)13(8-11)15(20)9-24-17(21)12-5-3-10(19)7-14(12)18/h3-8H,9H2,1-2H3. The molecule has 0 bridgehead atoms. The first-order chi connectivity index (χ1) is 11.5. The Balaban J connectivity index is 2.11. The molecule has 0 saturated heterocycles. The summed E-state index contributed by atoms with van der Waals surface area (Å²) in [6, 6.07) is 8.29. The molecule has 24 heavy (non-hydrogen) atoms. The average Bonchev–Trinajstić information content (AvgIpc) is 2.58. The summed E-state index contributed by atoms with van der Waals surface area (Å²) >= 11 is 3.08. The number of carbonyl (C=O) groups excluding carboxylic acids is 2. The van der Waals surface area contributed by atoms with Crippen LogP contribution in [0.5, 0.6) is 11.5 Å². The molecule has 0 N–H and O–H groups in total. The Morgan fingerprint density at radius 1 is 1.04 bits per heavy atom. The van der Waals surface area contributed by atoms with Crippen LogP contribution in [0.1, 0.15) is 20.7 Å². The highest BCUT2D eigenvalue weighted by atomic mass is 79.9. The van der Waals surface area contributed by atoms with Crippen molar-refractivity contribution in [3.8, 4) is 11.5 Å². The molecule has 0 aliphatic rings. The lowest BCUT2D eigenvalue weighted by atomic mass is 10.1. The first-order valence-electron chi connectivity index (χ1n) is 6.83. The summed E-state index contributed by atoms with van der Waals surface area (Å²) in [6.07, 6.45) is 0. The van der Waals surface area contributed by atoms with Gasteiger partial charge in [-0.3, -0.25) is 4.79 Å². The molecule has 0 atom stereocenters. The van der Waals surface area contributed by atoms with Gasteiger partial charge in [-0.15, -0.1) is 0 Å². The molecule has 2 rings (SSSR count). The van der Waals surface area contributed by atoms with E-state index in [4.69, 9.17) is 14.2 Å². The Labute approximate surface area is 146 Å². The minimum Gasteiger partial charge on any atom is -0.497 e. The van der Waals surface area contributed by atoms with Gasteiger partial charge in [-0.25, -0.2) is 9.18 Å². The van der Waals surface area contributed by atoms with Crippen LogP contribution in [0.15, 0.2) is 40.9 Å². The van der Waals surface area contributed by atoms with Gasteiger partial charge in [0, 0.05) is 4.47 Å². The molecule has 2 aromatic rings. The molecule has 5 nitrogen and oxygen atoms in total. The van der Waals surface area contributed by atoms with Crippen molar-refractivity contribution in [2.75, 3.05) is 20.8 Å². The van der Waals surface area contributed by atoms with E-state index < -0.39 is 24.2 Å². The van der Waals surface area contributed by atoms with Crippen LogP contribution in [-0.4, -0.2) is 32.6 Å². The second-order valence-electron chi connectivity index (χ2n) is 4.69. The van der Waals surface area contributed by atoms with Crippen molar-refractivity contribution in [3.05, 3.63) is 57.8 Å². The van der Waals surface area contributed by atoms with Gasteiger partial charge in [0.05, 0.1) is 25.3 Å². The van der Waals surface area contributed by atoms with E-state index in [0.717, 1.165) is 12.1 Å². The number of hydrogen-bond acceptors (Lipinski definition) is 5. The van der Waals surface area contributed by atoms with Crippen LogP contribution in [-0.2, 0) is 4.74 Å². The van der Waals surface area contributed by atoms with Crippen molar-refractivity contribution in [3.63, 3.8) is 0 Å². The molecular formula is C17H14BrFO5. The molecule has 0 unspecified atom stereocenters. The van der Waals surface area contributed by atoms with E-state index in [1.807, 2.05) is 0 Å². The van der Waals surface area contributed by atoms with Gasteiger partial charge in [0.1, 0.15) is 17.3 Å². The minimum atomic E-state index is -0.739. The number of methoxy groups -OCH3 is 2. The number of rotatable bonds is 6. The van der Waals surface area contributed by atoms with E-state index in [-0.39, 0.29) is 15.6 Å². The maximum absolute atomic E-state index is 13.0. The van der Waals surface area contributed by atoms with E-state index in [9.17, 15) is 14.0 Å². The smallest absolute Gasteiger partial charge is 0.339 e. The largest absolute Gasteiger partial charge is 0.497 e. The molecule has 7 heteroatoms. The third kappa shape index (κ3) is 4.11. The van der Waals surface area contributed by atoms with Gasteiger partial charge in [0.25, 0.3) is 0 Å². The zero-order valence-electron chi connectivity index (χ0n) is 13.0. The van der Waals surface area contributed by atoms with Crippen molar-refractivity contribution in [1.29, 1.82) is 0 Å². The summed E-state index contributed by atoms with van der Waals surface area (Å²) in [6.45, 7) is -0.480. The summed E-state index contributed by atoms with van der Waals surface area (Å²) in [4.78, 5) is 24.3. The maximum Gasteiger partial charge on any atom is 0.339 e. The Morgan fingerprint density at radius 3 is 2.42 bits per heavy atom. The Morgan fingerprint density at radius 2 is 1.79 bits per heavy atom. The lowest BCUT2D eigenvalue weighted by Gasteiger charge is -2.10. The van der Waals surface area contributed by atoms with E-state index in [1.54, 1.807) is 12.1 Å². The van der Waals surface area contributed by atoms with Crippen molar-refractivity contribution < 1.29 is 28.2 Å².